The third kappa shape index (κ3) is 3.20. The van der Waals surface area contributed by atoms with Crippen LogP contribution in [0.3, 0.4) is 0 Å². The van der Waals surface area contributed by atoms with E-state index in [1.807, 2.05) is 54.1 Å². The van der Waals surface area contributed by atoms with Crippen molar-refractivity contribution in [3.05, 3.63) is 64.7 Å². The number of amides is 2. The maximum absolute atomic E-state index is 12.9. The average Bonchev–Trinajstić information content (AvgIpc) is 3.21. The molecule has 0 atom stereocenters. The summed E-state index contributed by atoms with van der Waals surface area (Å²) < 4.78 is 8.95. The topological polar surface area (TPSA) is 60.3 Å². The Morgan fingerprint density at radius 1 is 1.00 bits per heavy atom. The van der Waals surface area contributed by atoms with Crippen LogP contribution in [-0.2, 0) is 7.05 Å². The molecule has 0 saturated heterocycles. The first-order valence-electron chi connectivity index (χ1n) is 9.89. The summed E-state index contributed by atoms with van der Waals surface area (Å²) in [6.45, 7) is 0.654. The van der Waals surface area contributed by atoms with Crippen molar-refractivity contribution in [2.75, 3.05) is 11.0 Å². The van der Waals surface area contributed by atoms with Crippen molar-refractivity contribution < 1.29 is 14.3 Å². The molecule has 1 aliphatic rings. The molecule has 3 aromatic carbocycles. The summed E-state index contributed by atoms with van der Waals surface area (Å²) in [6, 6.07) is 15.2. The minimum Gasteiger partial charge on any atom is -0.493 e. The second kappa shape index (κ2) is 7.84. The van der Waals surface area contributed by atoms with E-state index < -0.39 is 5.91 Å². The van der Waals surface area contributed by atoms with Crippen molar-refractivity contribution >= 4 is 67.8 Å². The second-order valence-corrected chi connectivity index (χ2v) is 8.95. The molecule has 0 spiro atoms. The first-order valence-corrected chi connectivity index (χ1v) is 11.8. The molecule has 0 fully saturated rings. The van der Waals surface area contributed by atoms with Gasteiger partial charge in [0, 0.05) is 38.9 Å². The van der Waals surface area contributed by atoms with Crippen LogP contribution in [0, 0.1) is 0 Å². The number of nitrogens with zero attached hydrogens (tertiary/aromatic N) is 1. The molecule has 4 aromatic rings. The highest BCUT2D eigenvalue weighted by molar-refractivity contribution is 14.1. The Bertz CT molecular complexity index is 1390. The fourth-order valence-electron chi connectivity index (χ4n) is 4.25. The van der Waals surface area contributed by atoms with Gasteiger partial charge in [-0.1, -0.05) is 52.4 Å². The van der Waals surface area contributed by atoms with E-state index in [-0.39, 0.29) is 5.91 Å². The van der Waals surface area contributed by atoms with Gasteiger partial charge in [-0.3, -0.25) is 14.9 Å². The van der Waals surface area contributed by atoms with Crippen molar-refractivity contribution in [1.29, 1.82) is 0 Å². The largest absolute Gasteiger partial charge is 0.493 e. The third-order valence-corrected chi connectivity index (χ3v) is 6.75. The summed E-state index contributed by atoms with van der Waals surface area (Å²) in [6.07, 6.45) is 0.977. The second-order valence-electron chi connectivity index (χ2n) is 7.46. The summed E-state index contributed by atoms with van der Waals surface area (Å²) in [7, 11) is 1.96. The zero-order chi connectivity index (χ0) is 21.7. The zero-order valence-electron chi connectivity index (χ0n) is 16.7. The summed E-state index contributed by atoms with van der Waals surface area (Å²) in [5.74, 6) is 0.00751. The number of aromatic nitrogens is 1. The van der Waals surface area contributed by atoms with Crippen LogP contribution in [0.4, 0.5) is 0 Å². The number of hydrogen-bond donors (Lipinski definition) is 1. The lowest BCUT2D eigenvalue weighted by atomic mass is 9.93. The maximum atomic E-state index is 12.9. The number of carbonyl (C=O) groups is 2. The van der Waals surface area contributed by atoms with Crippen LogP contribution in [0.5, 0.6) is 5.75 Å². The molecule has 31 heavy (non-hydrogen) atoms. The van der Waals surface area contributed by atoms with E-state index in [0.29, 0.717) is 28.3 Å². The van der Waals surface area contributed by atoms with Crippen LogP contribution in [0.15, 0.2) is 48.5 Å². The van der Waals surface area contributed by atoms with Crippen molar-refractivity contribution in [1.82, 2.24) is 9.88 Å². The molecule has 5 rings (SSSR count). The number of imide groups is 1. The highest BCUT2D eigenvalue weighted by Gasteiger charge is 2.34. The summed E-state index contributed by atoms with van der Waals surface area (Å²) in [5, 5.41) is 4.67. The van der Waals surface area contributed by atoms with Crippen LogP contribution in [0.25, 0.3) is 32.9 Å². The van der Waals surface area contributed by atoms with Crippen molar-refractivity contribution in [2.24, 2.45) is 7.05 Å². The quantitative estimate of drug-likeness (QED) is 0.151. The highest BCUT2D eigenvalue weighted by Crippen LogP contribution is 2.42. The van der Waals surface area contributed by atoms with Gasteiger partial charge in [-0.15, -0.1) is 0 Å². The summed E-state index contributed by atoms with van der Waals surface area (Å²) in [5.41, 5.74) is 3.95. The normalized spacial score (nSPS) is 13.1. The van der Waals surface area contributed by atoms with E-state index in [1.165, 1.54) is 0 Å². The lowest BCUT2D eigenvalue weighted by molar-refractivity contribution is 0.0880. The van der Waals surface area contributed by atoms with Gasteiger partial charge in [0.2, 0.25) is 0 Å². The van der Waals surface area contributed by atoms with Gasteiger partial charge in [0.15, 0.2) is 0 Å². The smallest absolute Gasteiger partial charge is 0.259 e. The van der Waals surface area contributed by atoms with E-state index >= 15 is 0 Å². The van der Waals surface area contributed by atoms with Crippen molar-refractivity contribution in [2.45, 2.75) is 6.42 Å². The lowest BCUT2D eigenvalue weighted by Gasteiger charge is -2.10. The van der Waals surface area contributed by atoms with Gasteiger partial charge in [0.25, 0.3) is 11.8 Å². The lowest BCUT2D eigenvalue weighted by Crippen LogP contribution is -2.20. The van der Waals surface area contributed by atoms with Crippen LogP contribution in [-0.4, -0.2) is 27.4 Å². The molecule has 156 valence electrons. The Morgan fingerprint density at radius 3 is 2.55 bits per heavy atom. The summed E-state index contributed by atoms with van der Waals surface area (Å²) in [4.78, 5) is 25.6. The fourth-order valence-corrected chi connectivity index (χ4v) is 4.80. The number of carbonyl (C=O) groups excluding carboxylic acids is 2. The molecule has 2 heterocycles. The van der Waals surface area contributed by atoms with Gasteiger partial charge in [0.05, 0.1) is 28.8 Å². The molecular formula is C24H18ClIN2O3. The Kier molecular flexibility index (Phi) is 5.14. The third-order valence-electron chi connectivity index (χ3n) is 5.66. The van der Waals surface area contributed by atoms with Gasteiger partial charge < -0.3 is 9.30 Å². The number of nitrogens with one attached hydrogen (secondary N) is 1. The molecule has 5 nitrogen and oxygen atoms in total. The van der Waals surface area contributed by atoms with E-state index in [2.05, 4.69) is 27.9 Å². The number of aryl methyl sites for hydroxylation is 1. The molecule has 0 aliphatic carbocycles. The van der Waals surface area contributed by atoms with Gasteiger partial charge in [-0.05, 0) is 36.2 Å². The number of alkyl halides is 1. The molecule has 1 N–H and O–H groups in total. The monoisotopic (exact) mass is 544 g/mol. The minimum atomic E-state index is -0.396. The van der Waals surface area contributed by atoms with Gasteiger partial charge in [-0.2, -0.15) is 0 Å². The first kappa shape index (κ1) is 20.3. The molecule has 0 bridgehead atoms. The average molecular weight is 545 g/mol. The van der Waals surface area contributed by atoms with E-state index in [1.54, 1.807) is 6.07 Å². The Labute approximate surface area is 197 Å². The first-order chi connectivity index (χ1) is 15.0. The Balaban J connectivity index is 1.82. The van der Waals surface area contributed by atoms with Crippen molar-refractivity contribution in [3.63, 3.8) is 0 Å². The highest BCUT2D eigenvalue weighted by atomic mass is 127. The standard InChI is InChI=1S/C24H18ClIN2O3/c1-28-18-11-13(31-10-4-9-26)7-8-15(18)20-19(28)12-16(14-5-2-3-6-17(14)25)21-22(20)24(30)27-23(21)29/h2-3,5-8,11-12H,4,9-10H2,1H3,(H,27,29,30). The van der Waals surface area contributed by atoms with Crippen molar-refractivity contribution in [3.8, 4) is 16.9 Å². The Hall–Kier alpha value is -2.58. The number of ether oxygens (including phenoxy) is 1. The van der Waals surface area contributed by atoms with Crippen LogP contribution in [0.1, 0.15) is 27.1 Å². The number of rotatable bonds is 5. The van der Waals surface area contributed by atoms with Gasteiger partial charge in [-0.25, -0.2) is 0 Å². The molecule has 7 heteroatoms. The predicted octanol–water partition coefficient (Wildman–Crippen LogP) is 5.74. The molecule has 1 aliphatic heterocycles. The molecule has 0 saturated carbocycles. The predicted molar refractivity (Wildman–Crippen MR) is 132 cm³/mol. The minimum absolute atomic E-state index is 0.375. The molecular weight excluding hydrogens is 527 g/mol. The number of benzene rings is 3. The molecule has 1 aromatic heterocycles. The molecule has 0 radical (unpaired) electrons. The van der Waals surface area contributed by atoms with Crippen LogP contribution < -0.4 is 10.1 Å². The maximum Gasteiger partial charge on any atom is 0.259 e. The van der Waals surface area contributed by atoms with Gasteiger partial charge >= 0.3 is 0 Å². The molecule has 2 amide bonds. The van der Waals surface area contributed by atoms with E-state index in [4.69, 9.17) is 16.3 Å². The fraction of sp³-hybridized carbons (Fsp3) is 0.167. The summed E-state index contributed by atoms with van der Waals surface area (Å²) >= 11 is 8.79. The number of fused-ring (bicyclic) bond motifs is 5. The zero-order valence-corrected chi connectivity index (χ0v) is 19.6. The van der Waals surface area contributed by atoms with E-state index in [9.17, 15) is 9.59 Å². The SMILES string of the molecule is Cn1c2cc(OCCCI)ccc2c2c3c(c(-c4ccccc4Cl)cc21)C(=O)NC3=O. The number of halogens is 2. The molecule has 0 unspecified atom stereocenters. The van der Waals surface area contributed by atoms with Crippen LogP contribution in [0.2, 0.25) is 5.02 Å². The van der Waals surface area contributed by atoms with Gasteiger partial charge in [0.1, 0.15) is 5.75 Å². The number of hydrogen-bond acceptors (Lipinski definition) is 3. The van der Waals surface area contributed by atoms with E-state index in [0.717, 1.165) is 44.0 Å². The van der Waals surface area contributed by atoms with Crippen LogP contribution >= 0.6 is 34.2 Å². The Morgan fingerprint density at radius 2 is 1.77 bits per heavy atom.